The lowest BCUT2D eigenvalue weighted by molar-refractivity contribution is -0.131. The smallest absolute Gasteiger partial charge is 0.287 e. The Hall–Kier alpha value is -2.60. The van der Waals surface area contributed by atoms with E-state index >= 15 is 0 Å². The van der Waals surface area contributed by atoms with Crippen LogP contribution in [0.2, 0.25) is 0 Å². The molecule has 3 rings (SSSR count). The molecule has 6 heteroatoms. The Kier molecular flexibility index (Phi) is 5.50. The number of hydrogen-bond acceptors (Lipinski definition) is 4. The number of piperazine rings is 1. The van der Waals surface area contributed by atoms with E-state index in [-0.39, 0.29) is 24.1 Å². The molecule has 1 aliphatic rings. The molecule has 0 atom stereocenters. The number of amides is 2. The molecule has 0 unspecified atom stereocenters. The summed E-state index contributed by atoms with van der Waals surface area (Å²) in [6, 6.07) is 12.0. The molecule has 1 aromatic carbocycles. The third-order valence-electron chi connectivity index (χ3n) is 4.44. The van der Waals surface area contributed by atoms with E-state index in [4.69, 9.17) is 4.42 Å². The molecular weight excluding hydrogens is 318 g/mol. The summed E-state index contributed by atoms with van der Waals surface area (Å²) in [6.45, 7) is 5.74. The highest BCUT2D eigenvalue weighted by Crippen LogP contribution is 2.09. The van der Waals surface area contributed by atoms with Crippen molar-refractivity contribution in [3.05, 3.63) is 59.5 Å². The van der Waals surface area contributed by atoms with E-state index < -0.39 is 0 Å². The van der Waals surface area contributed by atoms with Crippen molar-refractivity contribution in [1.82, 2.24) is 15.1 Å². The normalized spacial score (nSPS) is 15.2. The second-order valence-corrected chi connectivity index (χ2v) is 6.26. The summed E-state index contributed by atoms with van der Waals surface area (Å²) in [6.07, 6.45) is 1.47. The average Bonchev–Trinajstić information content (AvgIpc) is 3.07. The first-order valence-electron chi connectivity index (χ1n) is 8.50. The van der Waals surface area contributed by atoms with Crippen molar-refractivity contribution < 1.29 is 14.0 Å². The molecular formula is C19H23N3O3. The van der Waals surface area contributed by atoms with Gasteiger partial charge in [0.2, 0.25) is 5.91 Å². The molecule has 1 aliphatic heterocycles. The molecule has 2 heterocycles. The number of nitrogens with zero attached hydrogens (tertiary/aromatic N) is 2. The van der Waals surface area contributed by atoms with Crippen LogP contribution in [0.4, 0.5) is 0 Å². The molecule has 1 N–H and O–H groups in total. The summed E-state index contributed by atoms with van der Waals surface area (Å²) >= 11 is 0. The number of aryl methyl sites for hydroxylation is 1. The lowest BCUT2D eigenvalue weighted by Gasteiger charge is -2.34. The average molecular weight is 341 g/mol. The maximum Gasteiger partial charge on any atom is 0.287 e. The van der Waals surface area contributed by atoms with E-state index in [0.717, 1.165) is 25.2 Å². The largest absolute Gasteiger partial charge is 0.459 e. The Balaban J connectivity index is 1.42. The standard InChI is InChI=1S/C19H23N3O3/c1-15-7-12-25-18(15)19(24)20-13-17(23)22-10-8-21(9-11-22)14-16-5-3-2-4-6-16/h2-7,12H,8-11,13-14H2,1H3,(H,20,24). The fourth-order valence-corrected chi connectivity index (χ4v) is 2.95. The SMILES string of the molecule is Cc1ccoc1C(=O)NCC(=O)N1CCN(Cc2ccccc2)CC1. The molecule has 132 valence electrons. The predicted molar refractivity (Wildman–Crippen MR) is 94.1 cm³/mol. The second-order valence-electron chi connectivity index (χ2n) is 6.26. The van der Waals surface area contributed by atoms with Crippen LogP contribution in [-0.2, 0) is 11.3 Å². The highest BCUT2D eigenvalue weighted by atomic mass is 16.3. The number of rotatable bonds is 5. The minimum Gasteiger partial charge on any atom is -0.459 e. The minimum absolute atomic E-state index is 0.00232. The predicted octanol–water partition coefficient (Wildman–Crippen LogP) is 1.66. The van der Waals surface area contributed by atoms with Gasteiger partial charge in [0.25, 0.3) is 5.91 Å². The third-order valence-corrected chi connectivity index (χ3v) is 4.44. The van der Waals surface area contributed by atoms with Crippen molar-refractivity contribution in [3.8, 4) is 0 Å². The Bertz CT molecular complexity index is 719. The van der Waals surface area contributed by atoms with Crippen molar-refractivity contribution in [2.45, 2.75) is 13.5 Å². The summed E-state index contributed by atoms with van der Waals surface area (Å²) in [5.41, 5.74) is 2.04. The van der Waals surface area contributed by atoms with Gasteiger partial charge in [0.15, 0.2) is 5.76 Å². The van der Waals surface area contributed by atoms with Crippen LogP contribution in [0.15, 0.2) is 47.1 Å². The minimum atomic E-state index is -0.349. The van der Waals surface area contributed by atoms with Gasteiger partial charge in [-0.25, -0.2) is 0 Å². The molecule has 2 amide bonds. The zero-order valence-corrected chi connectivity index (χ0v) is 14.4. The van der Waals surface area contributed by atoms with Crippen LogP contribution in [0.3, 0.4) is 0 Å². The van der Waals surface area contributed by atoms with Gasteiger partial charge in [-0.1, -0.05) is 30.3 Å². The van der Waals surface area contributed by atoms with Crippen LogP contribution in [-0.4, -0.2) is 54.3 Å². The Morgan fingerprint density at radius 3 is 2.44 bits per heavy atom. The summed E-state index contributed by atoms with van der Waals surface area (Å²) in [5.74, 6) is -0.143. The van der Waals surface area contributed by atoms with Gasteiger partial charge in [-0.3, -0.25) is 14.5 Å². The van der Waals surface area contributed by atoms with Crippen molar-refractivity contribution in [1.29, 1.82) is 0 Å². The molecule has 2 aromatic rings. The van der Waals surface area contributed by atoms with E-state index in [2.05, 4.69) is 22.3 Å². The van der Waals surface area contributed by atoms with Gasteiger partial charge in [0.1, 0.15) is 0 Å². The van der Waals surface area contributed by atoms with Crippen molar-refractivity contribution >= 4 is 11.8 Å². The molecule has 1 saturated heterocycles. The quantitative estimate of drug-likeness (QED) is 0.898. The first kappa shape index (κ1) is 17.2. The number of carbonyl (C=O) groups is 2. The zero-order chi connectivity index (χ0) is 17.6. The van der Waals surface area contributed by atoms with Crippen LogP contribution in [0.25, 0.3) is 0 Å². The van der Waals surface area contributed by atoms with Crippen molar-refractivity contribution in [3.63, 3.8) is 0 Å². The zero-order valence-electron chi connectivity index (χ0n) is 14.4. The molecule has 0 bridgehead atoms. The highest BCUT2D eigenvalue weighted by Gasteiger charge is 2.22. The van der Waals surface area contributed by atoms with Crippen LogP contribution >= 0.6 is 0 Å². The Labute approximate surface area is 147 Å². The number of furan rings is 1. The summed E-state index contributed by atoms with van der Waals surface area (Å²) in [5, 5.41) is 2.64. The van der Waals surface area contributed by atoms with E-state index in [9.17, 15) is 9.59 Å². The molecule has 0 spiro atoms. The van der Waals surface area contributed by atoms with Crippen LogP contribution < -0.4 is 5.32 Å². The van der Waals surface area contributed by atoms with Gasteiger partial charge in [-0.15, -0.1) is 0 Å². The molecule has 0 saturated carbocycles. The van der Waals surface area contributed by atoms with E-state index in [1.54, 1.807) is 17.9 Å². The summed E-state index contributed by atoms with van der Waals surface area (Å²) in [4.78, 5) is 28.4. The summed E-state index contributed by atoms with van der Waals surface area (Å²) < 4.78 is 5.13. The van der Waals surface area contributed by atoms with Gasteiger partial charge in [-0.2, -0.15) is 0 Å². The van der Waals surface area contributed by atoms with Gasteiger partial charge in [-0.05, 0) is 18.6 Å². The first-order chi connectivity index (χ1) is 12.1. The molecule has 1 aromatic heterocycles. The maximum atomic E-state index is 12.3. The third kappa shape index (κ3) is 4.48. The molecule has 0 radical (unpaired) electrons. The van der Waals surface area contributed by atoms with Crippen LogP contribution in [0.1, 0.15) is 21.7 Å². The Morgan fingerprint density at radius 1 is 1.08 bits per heavy atom. The fourth-order valence-electron chi connectivity index (χ4n) is 2.95. The van der Waals surface area contributed by atoms with Crippen LogP contribution in [0.5, 0.6) is 0 Å². The lowest BCUT2D eigenvalue weighted by atomic mass is 10.2. The second kappa shape index (κ2) is 7.98. The first-order valence-corrected chi connectivity index (χ1v) is 8.50. The fraction of sp³-hybridized carbons (Fsp3) is 0.368. The van der Waals surface area contributed by atoms with Gasteiger partial charge in [0.05, 0.1) is 12.8 Å². The molecule has 1 fully saturated rings. The highest BCUT2D eigenvalue weighted by molar-refractivity contribution is 5.95. The van der Waals surface area contributed by atoms with Crippen LogP contribution in [0, 0.1) is 6.92 Å². The monoisotopic (exact) mass is 341 g/mol. The lowest BCUT2D eigenvalue weighted by Crippen LogP contribution is -2.50. The number of nitrogens with one attached hydrogen (secondary N) is 1. The number of benzene rings is 1. The maximum absolute atomic E-state index is 12.3. The van der Waals surface area contributed by atoms with E-state index in [1.165, 1.54) is 11.8 Å². The molecule has 25 heavy (non-hydrogen) atoms. The molecule has 0 aliphatic carbocycles. The van der Waals surface area contributed by atoms with Gasteiger partial charge < -0.3 is 14.6 Å². The van der Waals surface area contributed by atoms with E-state index in [0.29, 0.717) is 13.1 Å². The number of carbonyl (C=O) groups excluding carboxylic acids is 2. The summed E-state index contributed by atoms with van der Waals surface area (Å²) in [7, 11) is 0. The van der Waals surface area contributed by atoms with Gasteiger partial charge in [0, 0.05) is 38.3 Å². The van der Waals surface area contributed by atoms with Gasteiger partial charge >= 0.3 is 0 Å². The van der Waals surface area contributed by atoms with Crippen molar-refractivity contribution in [2.24, 2.45) is 0 Å². The van der Waals surface area contributed by atoms with E-state index in [1.807, 2.05) is 18.2 Å². The Morgan fingerprint density at radius 2 is 1.80 bits per heavy atom. The number of hydrogen-bond donors (Lipinski definition) is 1. The topological polar surface area (TPSA) is 65.8 Å². The molecule has 6 nitrogen and oxygen atoms in total. The van der Waals surface area contributed by atoms with Crippen molar-refractivity contribution in [2.75, 3.05) is 32.7 Å².